The minimum atomic E-state index is -0.860. The van der Waals surface area contributed by atoms with Gasteiger partial charge in [-0.05, 0) is 32.8 Å². The Morgan fingerprint density at radius 2 is 1.88 bits per heavy atom. The Morgan fingerprint density at radius 3 is 2.52 bits per heavy atom. The number of nitrogens with zero attached hydrogens (tertiary/aromatic N) is 2. The van der Waals surface area contributed by atoms with Crippen molar-refractivity contribution in [2.75, 3.05) is 0 Å². The molecule has 6 heteroatoms. The number of aliphatic carboxylic acids is 1. The van der Waals surface area contributed by atoms with Crippen LogP contribution in [0.4, 0.5) is 0 Å². The molecule has 0 spiro atoms. The molecule has 0 aliphatic rings. The Kier molecular flexibility index (Phi) is 4.72. The highest BCUT2D eigenvalue weighted by Crippen LogP contribution is 2.28. The minimum absolute atomic E-state index is 0.0272. The second kappa shape index (κ2) is 6.80. The van der Waals surface area contributed by atoms with Gasteiger partial charge in [-0.15, -0.1) is 11.3 Å². The number of aromatic nitrogens is 2. The zero-order chi connectivity index (χ0) is 18.1. The van der Waals surface area contributed by atoms with Gasteiger partial charge in [0.1, 0.15) is 10.7 Å². The van der Waals surface area contributed by atoms with Crippen LogP contribution in [0.15, 0.2) is 29.1 Å². The number of fused-ring (bicyclic) bond motifs is 1. The highest BCUT2D eigenvalue weighted by Gasteiger charge is 2.17. The summed E-state index contributed by atoms with van der Waals surface area (Å²) < 4.78 is 1.62. The summed E-state index contributed by atoms with van der Waals surface area (Å²) in [5.74, 6) is -0.259. The summed E-state index contributed by atoms with van der Waals surface area (Å²) in [4.78, 5) is 30.5. The molecule has 2 aromatic heterocycles. The smallest absolute Gasteiger partial charge is 0.303 e. The van der Waals surface area contributed by atoms with E-state index in [2.05, 4.69) is 0 Å². The number of carboxylic acid groups (broad SMARTS) is 1. The first kappa shape index (κ1) is 17.4. The normalized spacial score (nSPS) is 11.2. The summed E-state index contributed by atoms with van der Waals surface area (Å²) >= 11 is 1.52. The van der Waals surface area contributed by atoms with E-state index in [9.17, 15) is 9.59 Å². The Hall–Kier alpha value is -2.47. The van der Waals surface area contributed by atoms with Crippen molar-refractivity contribution in [3.8, 4) is 11.4 Å². The summed E-state index contributed by atoms with van der Waals surface area (Å²) in [7, 11) is 0. The van der Waals surface area contributed by atoms with Crippen LogP contribution in [0.25, 0.3) is 21.6 Å². The van der Waals surface area contributed by atoms with E-state index in [0.29, 0.717) is 24.2 Å². The fraction of sp³-hybridized carbons (Fsp3) is 0.316. The maximum atomic E-state index is 13.1. The number of benzene rings is 1. The third-order valence-corrected chi connectivity index (χ3v) is 5.47. The lowest BCUT2D eigenvalue weighted by Crippen LogP contribution is -2.24. The van der Waals surface area contributed by atoms with Crippen LogP contribution in [0.5, 0.6) is 0 Å². The molecular formula is C19H20N2O3S. The Morgan fingerprint density at radius 1 is 1.20 bits per heavy atom. The van der Waals surface area contributed by atoms with E-state index < -0.39 is 5.97 Å². The molecule has 2 heterocycles. The molecule has 3 aromatic rings. The molecule has 130 valence electrons. The van der Waals surface area contributed by atoms with Crippen LogP contribution in [0, 0.1) is 20.8 Å². The molecular weight excluding hydrogens is 336 g/mol. The summed E-state index contributed by atoms with van der Waals surface area (Å²) in [6.45, 7) is 6.27. The molecule has 0 aliphatic heterocycles. The molecule has 0 unspecified atom stereocenters. The van der Waals surface area contributed by atoms with Gasteiger partial charge in [0.05, 0.1) is 5.39 Å². The quantitative estimate of drug-likeness (QED) is 0.752. The highest BCUT2D eigenvalue weighted by molar-refractivity contribution is 7.18. The van der Waals surface area contributed by atoms with E-state index >= 15 is 0 Å². The van der Waals surface area contributed by atoms with Crippen molar-refractivity contribution >= 4 is 27.5 Å². The van der Waals surface area contributed by atoms with Gasteiger partial charge in [-0.2, -0.15) is 0 Å². The predicted octanol–water partition coefficient (Wildman–Crippen LogP) is 3.92. The van der Waals surface area contributed by atoms with Crippen LogP contribution in [-0.4, -0.2) is 20.6 Å². The van der Waals surface area contributed by atoms with Gasteiger partial charge in [-0.3, -0.25) is 14.2 Å². The molecule has 0 aliphatic carbocycles. The second-order valence-electron chi connectivity index (χ2n) is 6.22. The minimum Gasteiger partial charge on any atom is -0.481 e. The molecule has 0 amide bonds. The SMILES string of the molecule is Cc1ccc(-c2nc3sc(C)c(C)c3c(=O)n2CCCC(=O)O)cc1. The van der Waals surface area contributed by atoms with E-state index in [1.54, 1.807) is 4.57 Å². The zero-order valence-corrected chi connectivity index (χ0v) is 15.3. The number of carboxylic acids is 1. The fourth-order valence-corrected chi connectivity index (χ4v) is 3.87. The molecule has 3 rings (SSSR count). The molecule has 0 saturated heterocycles. The monoisotopic (exact) mass is 356 g/mol. The van der Waals surface area contributed by atoms with Crippen LogP contribution in [0.2, 0.25) is 0 Å². The van der Waals surface area contributed by atoms with Gasteiger partial charge in [-0.1, -0.05) is 29.8 Å². The van der Waals surface area contributed by atoms with Gasteiger partial charge in [0.25, 0.3) is 5.56 Å². The van der Waals surface area contributed by atoms with Crippen LogP contribution in [0.1, 0.15) is 28.8 Å². The van der Waals surface area contributed by atoms with E-state index in [0.717, 1.165) is 26.4 Å². The van der Waals surface area contributed by atoms with Crippen molar-refractivity contribution in [3.63, 3.8) is 0 Å². The Bertz CT molecular complexity index is 1000. The van der Waals surface area contributed by atoms with Gasteiger partial charge in [0, 0.05) is 23.4 Å². The lowest BCUT2D eigenvalue weighted by Gasteiger charge is -2.12. The molecule has 0 saturated carbocycles. The largest absolute Gasteiger partial charge is 0.481 e. The molecule has 1 aromatic carbocycles. The molecule has 0 fully saturated rings. The van der Waals surface area contributed by atoms with Gasteiger partial charge in [0.15, 0.2) is 0 Å². The number of carbonyl (C=O) groups is 1. The Balaban J connectivity index is 2.20. The first-order chi connectivity index (χ1) is 11.9. The summed E-state index contributed by atoms with van der Waals surface area (Å²) in [5.41, 5.74) is 2.86. The molecule has 1 N–H and O–H groups in total. The average molecular weight is 356 g/mol. The Labute approximate surface area is 149 Å². The predicted molar refractivity (Wildman–Crippen MR) is 100 cm³/mol. The van der Waals surface area contributed by atoms with Crippen LogP contribution >= 0.6 is 11.3 Å². The van der Waals surface area contributed by atoms with Crippen molar-refractivity contribution in [1.29, 1.82) is 0 Å². The number of thiophene rings is 1. The van der Waals surface area contributed by atoms with Gasteiger partial charge < -0.3 is 5.11 Å². The van der Waals surface area contributed by atoms with E-state index in [-0.39, 0.29) is 12.0 Å². The average Bonchev–Trinajstić information content (AvgIpc) is 2.84. The molecule has 0 radical (unpaired) electrons. The lowest BCUT2D eigenvalue weighted by atomic mass is 10.1. The van der Waals surface area contributed by atoms with Gasteiger partial charge in [-0.25, -0.2) is 4.98 Å². The number of aryl methyl sites for hydroxylation is 3. The number of rotatable bonds is 5. The third-order valence-electron chi connectivity index (χ3n) is 4.37. The summed E-state index contributed by atoms with van der Waals surface area (Å²) in [5, 5.41) is 9.54. The molecule has 0 atom stereocenters. The molecule has 5 nitrogen and oxygen atoms in total. The first-order valence-corrected chi connectivity index (χ1v) is 8.99. The van der Waals surface area contributed by atoms with Crippen molar-refractivity contribution in [2.24, 2.45) is 0 Å². The summed E-state index contributed by atoms with van der Waals surface area (Å²) in [6.07, 6.45) is 0.420. The second-order valence-corrected chi connectivity index (χ2v) is 7.42. The lowest BCUT2D eigenvalue weighted by molar-refractivity contribution is -0.137. The van der Waals surface area contributed by atoms with Crippen LogP contribution < -0.4 is 5.56 Å². The zero-order valence-electron chi connectivity index (χ0n) is 14.5. The maximum absolute atomic E-state index is 13.1. The first-order valence-electron chi connectivity index (χ1n) is 8.18. The van der Waals surface area contributed by atoms with Gasteiger partial charge >= 0.3 is 5.97 Å². The standard InChI is InChI=1S/C19H20N2O3S/c1-11-6-8-14(9-7-11)17-20-18-16(12(2)13(3)25-18)19(24)21(17)10-4-5-15(22)23/h6-9H,4-5,10H2,1-3H3,(H,22,23). The van der Waals surface area contributed by atoms with Crippen molar-refractivity contribution in [1.82, 2.24) is 9.55 Å². The van der Waals surface area contributed by atoms with Crippen molar-refractivity contribution in [3.05, 3.63) is 50.6 Å². The fourth-order valence-electron chi connectivity index (χ4n) is 2.85. The van der Waals surface area contributed by atoms with Gasteiger partial charge in [0.2, 0.25) is 0 Å². The van der Waals surface area contributed by atoms with E-state index in [1.165, 1.54) is 11.3 Å². The van der Waals surface area contributed by atoms with Crippen LogP contribution in [-0.2, 0) is 11.3 Å². The summed E-state index contributed by atoms with van der Waals surface area (Å²) in [6, 6.07) is 7.87. The highest BCUT2D eigenvalue weighted by atomic mass is 32.1. The van der Waals surface area contributed by atoms with Crippen molar-refractivity contribution in [2.45, 2.75) is 40.2 Å². The third kappa shape index (κ3) is 3.35. The van der Waals surface area contributed by atoms with E-state index in [4.69, 9.17) is 10.1 Å². The maximum Gasteiger partial charge on any atom is 0.303 e. The number of hydrogen-bond acceptors (Lipinski definition) is 4. The topological polar surface area (TPSA) is 72.2 Å². The molecule has 0 bridgehead atoms. The number of hydrogen-bond donors (Lipinski definition) is 1. The van der Waals surface area contributed by atoms with Crippen molar-refractivity contribution < 1.29 is 9.90 Å². The van der Waals surface area contributed by atoms with Crippen LogP contribution in [0.3, 0.4) is 0 Å². The molecule has 25 heavy (non-hydrogen) atoms. The van der Waals surface area contributed by atoms with E-state index in [1.807, 2.05) is 45.0 Å².